The quantitative estimate of drug-likeness (QED) is 0.636. The molecule has 1 aromatic carbocycles. The molecule has 3 aromatic rings. The average molecular weight is 354 g/mol. The van der Waals surface area contributed by atoms with E-state index in [1.807, 2.05) is 38.1 Å². The summed E-state index contributed by atoms with van der Waals surface area (Å²) in [6.45, 7) is 5.43. The van der Waals surface area contributed by atoms with Gasteiger partial charge >= 0.3 is 6.08 Å². The summed E-state index contributed by atoms with van der Waals surface area (Å²) < 4.78 is 24.6. The number of benzene rings is 1. The highest BCUT2D eigenvalue weighted by Crippen LogP contribution is 2.39. The van der Waals surface area contributed by atoms with Crippen molar-refractivity contribution in [3.05, 3.63) is 53.1 Å². The molecule has 1 atom stereocenters. The molecule has 2 aromatic heterocycles. The third-order valence-electron chi connectivity index (χ3n) is 4.61. The van der Waals surface area contributed by atoms with E-state index in [2.05, 4.69) is 20.1 Å². The van der Waals surface area contributed by atoms with Crippen molar-refractivity contribution in [3.63, 3.8) is 0 Å². The molecule has 0 saturated heterocycles. The number of rotatable bonds is 5. The topological polar surface area (TPSA) is 73.9 Å². The Hall–Kier alpha value is -2.83. The van der Waals surface area contributed by atoms with Gasteiger partial charge in [0.2, 0.25) is 17.6 Å². The van der Waals surface area contributed by atoms with E-state index in [9.17, 15) is 4.39 Å². The van der Waals surface area contributed by atoms with E-state index < -0.39 is 6.08 Å². The van der Waals surface area contributed by atoms with Gasteiger partial charge < -0.3 is 9.26 Å². The molecular weight excluding hydrogens is 335 g/mol. The molecule has 4 rings (SSSR count). The summed E-state index contributed by atoms with van der Waals surface area (Å²) >= 11 is 0. The van der Waals surface area contributed by atoms with Crippen LogP contribution >= 0.6 is 0 Å². The smallest absolute Gasteiger partial charge is 0.312 e. The van der Waals surface area contributed by atoms with Crippen molar-refractivity contribution in [2.45, 2.75) is 45.6 Å². The molecule has 26 heavy (non-hydrogen) atoms. The fourth-order valence-electron chi connectivity index (χ4n) is 2.67. The molecule has 1 saturated carbocycles. The second-order valence-electron chi connectivity index (χ2n) is 6.62. The second-order valence-corrected chi connectivity index (χ2v) is 6.62. The van der Waals surface area contributed by atoms with Gasteiger partial charge in [0.1, 0.15) is 6.10 Å². The summed E-state index contributed by atoms with van der Waals surface area (Å²) in [6.07, 6.45) is 1.17. The molecule has 6 nitrogen and oxygen atoms in total. The highest BCUT2D eigenvalue weighted by Gasteiger charge is 2.29. The highest BCUT2D eigenvalue weighted by molar-refractivity contribution is 5.55. The monoisotopic (exact) mass is 354 g/mol. The Bertz CT molecular complexity index is 935. The molecule has 0 N–H and O–H groups in total. The number of aryl methyl sites for hydroxylation is 1. The van der Waals surface area contributed by atoms with Crippen molar-refractivity contribution in [3.8, 4) is 17.3 Å². The van der Waals surface area contributed by atoms with Crippen LogP contribution in [0.2, 0.25) is 0 Å². The van der Waals surface area contributed by atoms with Crippen molar-refractivity contribution >= 4 is 0 Å². The maximum Gasteiger partial charge on any atom is 0.312 e. The predicted molar refractivity (Wildman–Crippen MR) is 92.2 cm³/mol. The number of halogens is 1. The minimum Gasteiger partial charge on any atom is -0.469 e. The number of ether oxygens (including phenoxy) is 1. The number of hydrogen-bond donors (Lipinski definition) is 0. The Kier molecular flexibility index (Phi) is 4.14. The number of aromatic nitrogens is 4. The summed E-state index contributed by atoms with van der Waals surface area (Å²) in [4.78, 5) is 11.9. The zero-order valence-electron chi connectivity index (χ0n) is 14.9. The van der Waals surface area contributed by atoms with Crippen molar-refractivity contribution in [1.82, 2.24) is 20.1 Å². The Balaban J connectivity index is 1.50. The van der Waals surface area contributed by atoms with Crippen molar-refractivity contribution in [2.75, 3.05) is 0 Å². The van der Waals surface area contributed by atoms with Crippen LogP contribution in [-0.4, -0.2) is 20.1 Å². The molecular formula is C19H19FN4O2. The van der Waals surface area contributed by atoms with Gasteiger partial charge in [-0.15, -0.1) is 0 Å². The van der Waals surface area contributed by atoms with Gasteiger partial charge in [-0.3, -0.25) is 0 Å². The normalized spacial score (nSPS) is 15.1. The summed E-state index contributed by atoms with van der Waals surface area (Å²) in [5.74, 6) is 2.01. The summed E-state index contributed by atoms with van der Waals surface area (Å²) in [5.41, 5.74) is 3.13. The molecule has 2 heterocycles. The first kappa shape index (κ1) is 16.6. The van der Waals surface area contributed by atoms with Crippen molar-refractivity contribution in [1.29, 1.82) is 0 Å². The van der Waals surface area contributed by atoms with Gasteiger partial charge in [-0.05, 0) is 39.2 Å². The molecule has 1 aliphatic carbocycles. The SMILES string of the molecule is Cc1nc(F)nc(OC(C)c2ccc(-c3noc(C4CC4)n3)cc2)c1C. The molecule has 0 radical (unpaired) electrons. The van der Waals surface area contributed by atoms with E-state index in [1.54, 1.807) is 6.92 Å². The zero-order chi connectivity index (χ0) is 18.3. The lowest BCUT2D eigenvalue weighted by Crippen LogP contribution is -2.08. The predicted octanol–water partition coefficient (Wildman–Crippen LogP) is 4.30. The first-order chi connectivity index (χ1) is 12.5. The van der Waals surface area contributed by atoms with E-state index in [-0.39, 0.29) is 12.0 Å². The third-order valence-corrected chi connectivity index (χ3v) is 4.61. The molecule has 7 heteroatoms. The number of hydrogen-bond acceptors (Lipinski definition) is 6. The van der Waals surface area contributed by atoms with Crippen LogP contribution in [-0.2, 0) is 0 Å². The van der Waals surface area contributed by atoms with Gasteiger partial charge in [0, 0.05) is 17.0 Å². The van der Waals surface area contributed by atoms with Crippen LogP contribution in [0.15, 0.2) is 28.8 Å². The first-order valence-corrected chi connectivity index (χ1v) is 8.62. The summed E-state index contributed by atoms with van der Waals surface area (Å²) in [6, 6.07) is 7.73. The van der Waals surface area contributed by atoms with E-state index in [4.69, 9.17) is 9.26 Å². The van der Waals surface area contributed by atoms with Crippen LogP contribution in [0.5, 0.6) is 5.88 Å². The maximum absolute atomic E-state index is 13.4. The molecule has 0 spiro atoms. The van der Waals surface area contributed by atoms with Gasteiger partial charge in [-0.25, -0.2) is 4.98 Å². The van der Waals surface area contributed by atoms with Crippen LogP contribution in [0, 0.1) is 19.9 Å². The van der Waals surface area contributed by atoms with Crippen LogP contribution < -0.4 is 4.74 Å². The Morgan fingerprint density at radius 2 is 1.85 bits per heavy atom. The van der Waals surface area contributed by atoms with Gasteiger partial charge in [-0.2, -0.15) is 14.4 Å². The third kappa shape index (κ3) is 3.29. The van der Waals surface area contributed by atoms with E-state index in [0.29, 0.717) is 17.4 Å². The second kappa shape index (κ2) is 6.48. The van der Waals surface area contributed by atoms with E-state index in [0.717, 1.165) is 35.4 Å². The molecule has 1 aliphatic rings. The van der Waals surface area contributed by atoms with Crippen LogP contribution in [0.4, 0.5) is 4.39 Å². The van der Waals surface area contributed by atoms with Gasteiger partial charge in [0.25, 0.3) is 0 Å². The molecule has 0 aliphatic heterocycles. The van der Waals surface area contributed by atoms with E-state index in [1.165, 1.54) is 0 Å². The summed E-state index contributed by atoms with van der Waals surface area (Å²) in [7, 11) is 0. The van der Waals surface area contributed by atoms with Crippen molar-refractivity contribution in [2.24, 2.45) is 0 Å². The number of nitrogens with zero attached hydrogens (tertiary/aromatic N) is 4. The van der Waals surface area contributed by atoms with Crippen LogP contribution in [0.1, 0.15) is 54.5 Å². The van der Waals surface area contributed by atoms with Crippen LogP contribution in [0.25, 0.3) is 11.4 Å². The molecule has 1 fully saturated rings. The summed E-state index contributed by atoms with van der Waals surface area (Å²) in [5, 5.41) is 4.04. The molecule has 134 valence electrons. The fraction of sp³-hybridized carbons (Fsp3) is 0.368. The lowest BCUT2D eigenvalue weighted by Gasteiger charge is -2.16. The molecule has 0 bridgehead atoms. The maximum atomic E-state index is 13.4. The van der Waals surface area contributed by atoms with Gasteiger partial charge in [-0.1, -0.05) is 29.4 Å². The minimum atomic E-state index is -0.783. The standard InChI is InChI=1S/C19H19FN4O2/c1-10-11(2)21-19(20)23-17(10)25-12(3)13-4-6-14(7-5-13)16-22-18(26-24-16)15-8-9-15/h4-7,12,15H,8-9H2,1-3H3. The lowest BCUT2D eigenvalue weighted by atomic mass is 10.1. The highest BCUT2D eigenvalue weighted by atomic mass is 19.1. The Morgan fingerprint density at radius 3 is 2.54 bits per heavy atom. The van der Waals surface area contributed by atoms with Crippen molar-refractivity contribution < 1.29 is 13.7 Å². The van der Waals surface area contributed by atoms with Crippen LogP contribution in [0.3, 0.4) is 0 Å². The Labute approximate surface area is 150 Å². The zero-order valence-corrected chi connectivity index (χ0v) is 14.9. The Morgan fingerprint density at radius 1 is 1.12 bits per heavy atom. The first-order valence-electron chi connectivity index (χ1n) is 8.62. The lowest BCUT2D eigenvalue weighted by molar-refractivity contribution is 0.211. The largest absolute Gasteiger partial charge is 0.469 e. The molecule has 1 unspecified atom stereocenters. The minimum absolute atomic E-state index is 0.263. The van der Waals surface area contributed by atoms with Gasteiger partial charge in [0.05, 0.1) is 5.69 Å². The van der Waals surface area contributed by atoms with E-state index >= 15 is 0 Å². The molecule has 0 amide bonds. The average Bonchev–Trinajstić information content (AvgIpc) is 3.36. The van der Waals surface area contributed by atoms with Gasteiger partial charge in [0.15, 0.2) is 0 Å². The fourth-order valence-corrected chi connectivity index (χ4v) is 2.67.